The van der Waals surface area contributed by atoms with Crippen LogP contribution in [0.4, 0.5) is 0 Å². The Morgan fingerprint density at radius 2 is 1.82 bits per heavy atom. The Morgan fingerprint density at radius 3 is 2.50 bits per heavy atom. The van der Waals surface area contributed by atoms with Crippen molar-refractivity contribution in [1.82, 2.24) is 4.98 Å². The van der Waals surface area contributed by atoms with Crippen LogP contribution >= 0.6 is 22.9 Å². The molecule has 0 radical (unpaired) electrons. The first-order valence-electron chi connectivity index (χ1n) is 6.39. The SMILES string of the molecule is NC(=O)c1cc(-c2csc(-c3ccc(Cl)cc3)n2)ccc1O. The molecule has 0 bridgehead atoms. The van der Waals surface area contributed by atoms with Crippen molar-refractivity contribution >= 4 is 28.8 Å². The van der Waals surface area contributed by atoms with Gasteiger partial charge in [-0.05, 0) is 30.3 Å². The second-order valence-corrected chi connectivity index (χ2v) is 5.94. The Labute approximate surface area is 135 Å². The van der Waals surface area contributed by atoms with Crippen LogP contribution in [0, 0.1) is 0 Å². The van der Waals surface area contributed by atoms with Gasteiger partial charge in [-0.1, -0.05) is 23.7 Å². The maximum atomic E-state index is 11.3. The van der Waals surface area contributed by atoms with Gasteiger partial charge in [0.15, 0.2) is 0 Å². The maximum absolute atomic E-state index is 11.3. The van der Waals surface area contributed by atoms with Crippen molar-refractivity contribution in [3.8, 4) is 27.6 Å². The lowest BCUT2D eigenvalue weighted by Gasteiger charge is -2.03. The Balaban J connectivity index is 1.99. The summed E-state index contributed by atoms with van der Waals surface area (Å²) in [5.41, 5.74) is 7.74. The van der Waals surface area contributed by atoms with E-state index in [-0.39, 0.29) is 11.3 Å². The summed E-state index contributed by atoms with van der Waals surface area (Å²) in [6.45, 7) is 0. The number of thiazole rings is 1. The third-order valence-corrected chi connectivity index (χ3v) is 4.30. The van der Waals surface area contributed by atoms with Gasteiger partial charge in [0.1, 0.15) is 10.8 Å². The number of hydrogen-bond acceptors (Lipinski definition) is 4. The molecule has 0 aliphatic rings. The molecular weight excluding hydrogens is 320 g/mol. The summed E-state index contributed by atoms with van der Waals surface area (Å²) in [4.78, 5) is 15.8. The van der Waals surface area contributed by atoms with E-state index in [0.717, 1.165) is 21.8 Å². The fourth-order valence-electron chi connectivity index (χ4n) is 2.02. The first-order chi connectivity index (χ1) is 10.5. The number of aromatic nitrogens is 1. The Hall–Kier alpha value is -2.37. The highest BCUT2D eigenvalue weighted by atomic mass is 35.5. The van der Waals surface area contributed by atoms with Crippen molar-refractivity contribution in [2.24, 2.45) is 5.73 Å². The van der Waals surface area contributed by atoms with E-state index in [0.29, 0.717) is 5.02 Å². The van der Waals surface area contributed by atoms with Crippen molar-refractivity contribution in [1.29, 1.82) is 0 Å². The van der Waals surface area contributed by atoms with Crippen molar-refractivity contribution in [2.45, 2.75) is 0 Å². The van der Waals surface area contributed by atoms with E-state index in [1.54, 1.807) is 12.1 Å². The zero-order valence-electron chi connectivity index (χ0n) is 11.3. The fourth-order valence-corrected chi connectivity index (χ4v) is 2.99. The predicted molar refractivity (Wildman–Crippen MR) is 88.2 cm³/mol. The molecule has 22 heavy (non-hydrogen) atoms. The van der Waals surface area contributed by atoms with Crippen molar-refractivity contribution in [3.63, 3.8) is 0 Å². The minimum atomic E-state index is -0.674. The van der Waals surface area contributed by atoms with Crippen molar-refractivity contribution in [2.75, 3.05) is 0 Å². The van der Waals surface area contributed by atoms with Gasteiger partial charge in [-0.25, -0.2) is 4.98 Å². The summed E-state index contributed by atoms with van der Waals surface area (Å²) >= 11 is 7.37. The van der Waals surface area contributed by atoms with Crippen LogP contribution in [-0.2, 0) is 0 Å². The highest BCUT2D eigenvalue weighted by Gasteiger charge is 2.12. The fraction of sp³-hybridized carbons (Fsp3) is 0. The second kappa shape index (κ2) is 5.79. The molecule has 3 N–H and O–H groups in total. The van der Waals surface area contributed by atoms with Crippen LogP contribution in [0.1, 0.15) is 10.4 Å². The molecule has 0 saturated heterocycles. The van der Waals surface area contributed by atoms with Crippen molar-refractivity contribution < 1.29 is 9.90 Å². The van der Waals surface area contributed by atoms with E-state index < -0.39 is 5.91 Å². The molecule has 0 saturated carbocycles. The molecule has 0 unspecified atom stereocenters. The Morgan fingerprint density at radius 1 is 1.14 bits per heavy atom. The highest BCUT2D eigenvalue weighted by molar-refractivity contribution is 7.13. The van der Waals surface area contributed by atoms with E-state index in [1.807, 2.05) is 29.6 Å². The summed E-state index contributed by atoms with van der Waals surface area (Å²) in [5, 5.41) is 13.0. The third kappa shape index (κ3) is 2.81. The smallest absolute Gasteiger partial charge is 0.252 e. The molecule has 0 spiro atoms. The molecule has 0 fully saturated rings. The molecule has 6 heteroatoms. The number of primary amides is 1. The van der Waals surface area contributed by atoms with Gasteiger partial charge in [-0.3, -0.25) is 4.79 Å². The minimum Gasteiger partial charge on any atom is -0.507 e. The maximum Gasteiger partial charge on any atom is 0.252 e. The molecule has 2 aromatic carbocycles. The molecular formula is C16H11ClN2O2S. The largest absolute Gasteiger partial charge is 0.507 e. The zero-order valence-corrected chi connectivity index (χ0v) is 12.9. The summed E-state index contributed by atoms with van der Waals surface area (Å²) in [6, 6.07) is 12.1. The number of carbonyl (C=O) groups excluding carboxylic acids is 1. The minimum absolute atomic E-state index is 0.0820. The van der Waals surface area contributed by atoms with E-state index >= 15 is 0 Å². The van der Waals surface area contributed by atoms with Crippen LogP contribution < -0.4 is 5.73 Å². The number of phenols is 1. The van der Waals surface area contributed by atoms with Gasteiger partial charge in [0.2, 0.25) is 0 Å². The normalized spacial score (nSPS) is 10.6. The Kier molecular flexibility index (Phi) is 3.83. The van der Waals surface area contributed by atoms with Gasteiger partial charge >= 0.3 is 0 Å². The Bertz CT molecular complexity index is 844. The number of nitrogens with two attached hydrogens (primary N) is 1. The first-order valence-corrected chi connectivity index (χ1v) is 7.65. The van der Waals surface area contributed by atoms with Crippen LogP contribution in [0.25, 0.3) is 21.8 Å². The van der Waals surface area contributed by atoms with E-state index in [4.69, 9.17) is 17.3 Å². The van der Waals surface area contributed by atoms with Crippen LogP contribution in [-0.4, -0.2) is 16.0 Å². The van der Waals surface area contributed by atoms with Crippen LogP contribution in [0.2, 0.25) is 5.02 Å². The van der Waals surface area contributed by atoms with Gasteiger partial charge in [-0.2, -0.15) is 0 Å². The first kappa shape index (κ1) is 14.6. The molecule has 0 atom stereocenters. The topological polar surface area (TPSA) is 76.2 Å². The molecule has 1 amide bonds. The lowest BCUT2D eigenvalue weighted by Crippen LogP contribution is -2.11. The monoisotopic (exact) mass is 330 g/mol. The quantitative estimate of drug-likeness (QED) is 0.763. The second-order valence-electron chi connectivity index (χ2n) is 4.64. The summed E-state index contributed by atoms with van der Waals surface area (Å²) in [7, 11) is 0. The number of nitrogens with zero attached hydrogens (tertiary/aromatic N) is 1. The summed E-state index contributed by atoms with van der Waals surface area (Å²) in [6.07, 6.45) is 0. The molecule has 0 aliphatic carbocycles. The summed E-state index contributed by atoms with van der Waals surface area (Å²) < 4.78 is 0. The average molecular weight is 331 g/mol. The summed E-state index contributed by atoms with van der Waals surface area (Å²) in [5.74, 6) is -0.808. The standard InChI is InChI=1S/C16H11ClN2O2S/c17-11-4-1-9(2-5-11)16-19-13(8-22-16)10-3-6-14(20)12(7-10)15(18)21/h1-8,20H,(H2,18,21). The molecule has 3 rings (SSSR count). The van der Waals surface area contributed by atoms with Crippen LogP contribution in [0.15, 0.2) is 47.8 Å². The number of carbonyl (C=O) groups is 1. The van der Waals surface area contributed by atoms with E-state index in [9.17, 15) is 9.90 Å². The predicted octanol–water partition coefficient (Wildman–Crippen LogP) is 3.94. The third-order valence-electron chi connectivity index (χ3n) is 3.15. The van der Waals surface area contributed by atoms with Crippen molar-refractivity contribution in [3.05, 3.63) is 58.4 Å². The van der Waals surface area contributed by atoms with Gasteiger partial charge in [-0.15, -0.1) is 11.3 Å². The molecule has 0 aliphatic heterocycles. The van der Waals surface area contributed by atoms with E-state index in [1.165, 1.54) is 17.4 Å². The van der Waals surface area contributed by atoms with Gasteiger partial charge in [0.25, 0.3) is 5.91 Å². The van der Waals surface area contributed by atoms with Gasteiger partial charge in [0, 0.05) is 21.5 Å². The number of aromatic hydroxyl groups is 1. The molecule has 1 heterocycles. The van der Waals surface area contributed by atoms with Gasteiger partial charge in [0.05, 0.1) is 11.3 Å². The molecule has 1 aromatic heterocycles. The number of halogens is 1. The average Bonchev–Trinajstić information content (AvgIpc) is 2.98. The number of benzene rings is 2. The lowest BCUT2D eigenvalue weighted by molar-refractivity contribution is 0.0998. The number of rotatable bonds is 3. The van der Waals surface area contributed by atoms with E-state index in [2.05, 4.69) is 4.98 Å². The van der Waals surface area contributed by atoms with Gasteiger partial charge < -0.3 is 10.8 Å². The molecule has 110 valence electrons. The van der Waals surface area contributed by atoms with Crippen LogP contribution in [0.3, 0.4) is 0 Å². The number of hydrogen-bond donors (Lipinski definition) is 2. The van der Waals surface area contributed by atoms with Crippen LogP contribution in [0.5, 0.6) is 5.75 Å². The lowest BCUT2D eigenvalue weighted by atomic mass is 10.1. The zero-order chi connectivity index (χ0) is 15.7. The molecule has 4 nitrogen and oxygen atoms in total. The highest BCUT2D eigenvalue weighted by Crippen LogP contribution is 2.31. The molecule has 3 aromatic rings. The number of amides is 1.